The quantitative estimate of drug-likeness (QED) is 0.648. The standard InChI is InChI=1S/C18H19BrO2S/c1-11-8-13(3)17(9-12(11)2)21-10-15-16(19)6-5-7-18(15)22-14(4)20/h5-9H,10H2,1-4H3. The second-order valence-corrected chi connectivity index (χ2v) is 7.37. The van der Waals surface area contributed by atoms with Crippen LogP contribution in [0.1, 0.15) is 29.2 Å². The van der Waals surface area contributed by atoms with E-state index < -0.39 is 0 Å². The first-order valence-electron chi connectivity index (χ1n) is 7.05. The van der Waals surface area contributed by atoms with Gasteiger partial charge in [-0.25, -0.2) is 0 Å². The third kappa shape index (κ3) is 4.14. The lowest BCUT2D eigenvalue weighted by atomic mass is 10.1. The fourth-order valence-electron chi connectivity index (χ4n) is 2.17. The first kappa shape index (κ1) is 17.1. The Labute approximate surface area is 144 Å². The molecule has 0 radical (unpaired) electrons. The van der Waals surface area contributed by atoms with Crippen LogP contribution in [0.25, 0.3) is 0 Å². The summed E-state index contributed by atoms with van der Waals surface area (Å²) in [5, 5.41) is 0.0710. The van der Waals surface area contributed by atoms with Gasteiger partial charge in [-0.1, -0.05) is 39.8 Å². The van der Waals surface area contributed by atoms with E-state index in [4.69, 9.17) is 4.74 Å². The van der Waals surface area contributed by atoms with E-state index in [9.17, 15) is 4.79 Å². The molecule has 4 heteroatoms. The molecule has 0 saturated carbocycles. The van der Waals surface area contributed by atoms with Gasteiger partial charge in [-0.3, -0.25) is 4.79 Å². The minimum absolute atomic E-state index is 0.0710. The van der Waals surface area contributed by atoms with Crippen molar-refractivity contribution < 1.29 is 9.53 Å². The number of hydrogen-bond acceptors (Lipinski definition) is 3. The summed E-state index contributed by atoms with van der Waals surface area (Å²) in [6.07, 6.45) is 0. The predicted molar refractivity (Wildman–Crippen MR) is 95.7 cm³/mol. The SMILES string of the molecule is CC(=O)Sc1cccc(Br)c1COc1cc(C)c(C)cc1C. The van der Waals surface area contributed by atoms with E-state index in [0.717, 1.165) is 26.2 Å². The van der Waals surface area contributed by atoms with Gasteiger partial charge in [0, 0.05) is 21.9 Å². The molecule has 0 aliphatic heterocycles. The molecule has 0 N–H and O–H groups in total. The Kier molecular flexibility index (Phi) is 5.70. The highest BCUT2D eigenvalue weighted by Crippen LogP contribution is 2.31. The Bertz CT molecular complexity index is 710. The molecule has 0 aliphatic rings. The molecule has 2 nitrogen and oxygen atoms in total. The van der Waals surface area contributed by atoms with Crippen LogP contribution in [0.4, 0.5) is 0 Å². The molecule has 0 bridgehead atoms. The largest absolute Gasteiger partial charge is 0.489 e. The van der Waals surface area contributed by atoms with E-state index in [1.165, 1.54) is 22.9 Å². The average molecular weight is 379 g/mol. The Morgan fingerprint density at radius 3 is 2.50 bits per heavy atom. The highest BCUT2D eigenvalue weighted by Gasteiger charge is 2.11. The number of aryl methyl sites for hydroxylation is 3. The summed E-state index contributed by atoms with van der Waals surface area (Å²) in [6.45, 7) is 8.23. The molecule has 0 heterocycles. The number of ether oxygens (including phenoxy) is 1. The van der Waals surface area contributed by atoms with E-state index in [-0.39, 0.29) is 5.12 Å². The maximum Gasteiger partial charge on any atom is 0.190 e. The average Bonchev–Trinajstić information content (AvgIpc) is 2.43. The molecule has 0 amide bonds. The van der Waals surface area contributed by atoms with Crippen molar-refractivity contribution in [3.05, 3.63) is 57.1 Å². The van der Waals surface area contributed by atoms with Crippen molar-refractivity contribution in [1.29, 1.82) is 0 Å². The lowest BCUT2D eigenvalue weighted by Gasteiger charge is -2.14. The van der Waals surface area contributed by atoms with E-state index in [0.29, 0.717) is 6.61 Å². The normalized spacial score (nSPS) is 10.6. The molecular formula is C18H19BrO2S. The topological polar surface area (TPSA) is 26.3 Å². The van der Waals surface area contributed by atoms with E-state index in [1.807, 2.05) is 25.1 Å². The molecule has 0 unspecified atom stereocenters. The molecular weight excluding hydrogens is 360 g/mol. The highest BCUT2D eigenvalue weighted by molar-refractivity contribution is 9.10. The molecule has 2 rings (SSSR count). The van der Waals surface area contributed by atoms with Gasteiger partial charge in [0.25, 0.3) is 0 Å². The lowest BCUT2D eigenvalue weighted by molar-refractivity contribution is -0.109. The second kappa shape index (κ2) is 7.34. The van der Waals surface area contributed by atoms with E-state index in [2.05, 4.69) is 41.9 Å². The molecule has 0 aromatic heterocycles. The second-order valence-electron chi connectivity index (χ2n) is 5.30. The van der Waals surface area contributed by atoms with Crippen LogP contribution in [-0.4, -0.2) is 5.12 Å². The molecule has 0 fully saturated rings. The van der Waals surface area contributed by atoms with Crippen molar-refractivity contribution in [2.75, 3.05) is 0 Å². The Morgan fingerprint density at radius 2 is 1.82 bits per heavy atom. The van der Waals surface area contributed by atoms with Crippen molar-refractivity contribution in [1.82, 2.24) is 0 Å². The summed E-state index contributed by atoms with van der Waals surface area (Å²) in [6, 6.07) is 10.0. The lowest BCUT2D eigenvalue weighted by Crippen LogP contribution is -2.01. The van der Waals surface area contributed by atoms with Gasteiger partial charge >= 0.3 is 0 Å². The van der Waals surface area contributed by atoms with Gasteiger partial charge in [0.15, 0.2) is 5.12 Å². The number of rotatable bonds is 4. The molecule has 0 spiro atoms. The third-order valence-corrected chi connectivity index (χ3v) is 5.13. The molecule has 0 saturated heterocycles. The maximum absolute atomic E-state index is 11.4. The maximum atomic E-state index is 11.4. The van der Waals surface area contributed by atoms with Crippen LogP contribution in [0, 0.1) is 20.8 Å². The Morgan fingerprint density at radius 1 is 1.14 bits per heavy atom. The van der Waals surface area contributed by atoms with Crippen molar-refractivity contribution in [3.8, 4) is 5.75 Å². The van der Waals surface area contributed by atoms with Crippen molar-refractivity contribution >= 4 is 32.8 Å². The van der Waals surface area contributed by atoms with Crippen LogP contribution in [0.3, 0.4) is 0 Å². The van der Waals surface area contributed by atoms with Gasteiger partial charge in [-0.2, -0.15) is 0 Å². The summed E-state index contributed by atoms with van der Waals surface area (Å²) in [4.78, 5) is 12.3. The van der Waals surface area contributed by atoms with Gasteiger partial charge in [0.05, 0.1) is 0 Å². The van der Waals surface area contributed by atoms with Crippen LogP contribution in [-0.2, 0) is 11.4 Å². The molecule has 0 atom stereocenters. The summed E-state index contributed by atoms with van der Waals surface area (Å²) in [5.74, 6) is 0.887. The number of hydrogen-bond donors (Lipinski definition) is 0. The van der Waals surface area contributed by atoms with E-state index >= 15 is 0 Å². The number of carbonyl (C=O) groups is 1. The fourth-order valence-corrected chi connectivity index (χ4v) is 3.53. The number of carbonyl (C=O) groups excluding carboxylic acids is 1. The van der Waals surface area contributed by atoms with Crippen LogP contribution >= 0.6 is 27.7 Å². The van der Waals surface area contributed by atoms with Crippen LogP contribution < -0.4 is 4.74 Å². The number of halogens is 1. The fraction of sp³-hybridized carbons (Fsp3) is 0.278. The zero-order valence-corrected chi connectivity index (χ0v) is 15.6. The number of thioether (sulfide) groups is 1. The van der Waals surface area contributed by atoms with Crippen molar-refractivity contribution in [2.24, 2.45) is 0 Å². The summed E-state index contributed by atoms with van der Waals surface area (Å²) >= 11 is 4.79. The van der Waals surface area contributed by atoms with Gasteiger partial charge < -0.3 is 4.74 Å². The van der Waals surface area contributed by atoms with Gasteiger partial charge in [0.2, 0.25) is 0 Å². The smallest absolute Gasteiger partial charge is 0.190 e. The molecule has 2 aromatic carbocycles. The van der Waals surface area contributed by atoms with Crippen molar-refractivity contribution in [3.63, 3.8) is 0 Å². The van der Waals surface area contributed by atoms with E-state index in [1.54, 1.807) is 6.92 Å². The number of benzene rings is 2. The van der Waals surface area contributed by atoms with Gasteiger partial charge in [0.1, 0.15) is 12.4 Å². The summed E-state index contributed by atoms with van der Waals surface area (Å²) < 4.78 is 6.97. The van der Waals surface area contributed by atoms with Gasteiger partial charge in [-0.15, -0.1) is 0 Å². The minimum Gasteiger partial charge on any atom is -0.489 e. The monoisotopic (exact) mass is 378 g/mol. The molecule has 116 valence electrons. The zero-order chi connectivity index (χ0) is 16.3. The molecule has 22 heavy (non-hydrogen) atoms. The Balaban J connectivity index is 2.25. The van der Waals surface area contributed by atoms with Crippen molar-refractivity contribution in [2.45, 2.75) is 39.2 Å². The zero-order valence-electron chi connectivity index (χ0n) is 13.2. The first-order valence-corrected chi connectivity index (χ1v) is 8.66. The third-order valence-electron chi connectivity index (χ3n) is 3.49. The van der Waals surface area contributed by atoms with Crippen LogP contribution in [0.5, 0.6) is 5.75 Å². The molecule has 2 aromatic rings. The predicted octanol–water partition coefficient (Wildman–Crippen LogP) is 5.59. The Hall–Kier alpha value is -1.26. The van der Waals surface area contributed by atoms with Gasteiger partial charge in [-0.05, 0) is 55.7 Å². The summed E-state index contributed by atoms with van der Waals surface area (Å²) in [7, 11) is 0. The summed E-state index contributed by atoms with van der Waals surface area (Å²) in [5.41, 5.74) is 4.60. The van der Waals surface area contributed by atoms with Crippen LogP contribution in [0.2, 0.25) is 0 Å². The first-order chi connectivity index (χ1) is 10.4. The highest BCUT2D eigenvalue weighted by atomic mass is 79.9. The minimum atomic E-state index is 0.0710. The molecule has 0 aliphatic carbocycles. The van der Waals surface area contributed by atoms with Crippen LogP contribution in [0.15, 0.2) is 39.7 Å².